The number of hydrogen-bond acceptors (Lipinski definition) is 5. The van der Waals surface area contributed by atoms with Crippen LogP contribution >= 0.6 is 0 Å². The van der Waals surface area contributed by atoms with Crippen molar-refractivity contribution in [2.24, 2.45) is 16.3 Å². The second-order valence-corrected chi connectivity index (χ2v) is 5.28. The first kappa shape index (κ1) is 17.2. The molecule has 0 aromatic heterocycles. The van der Waals surface area contributed by atoms with Crippen LogP contribution in [0.5, 0.6) is 0 Å². The molecule has 0 unspecified atom stereocenters. The largest absolute Gasteiger partial charge is 0.409 e. The second kappa shape index (κ2) is 9.13. The van der Waals surface area contributed by atoms with E-state index in [1.54, 1.807) is 0 Å². The Morgan fingerprint density at radius 2 is 2.00 bits per heavy atom. The van der Waals surface area contributed by atoms with Gasteiger partial charge in [-0.1, -0.05) is 19.0 Å². The molecule has 0 atom stereocenters. The number of nitrogens with zero attached hydrogens (tertiary/aromatic N) is 2. The molecule has 0 heterocycles. The third-order valence-corrected chi connectivity index (χ3v) is 2.83. The number of ether oxygens (including phenoxy) is 1. The predicted octanol–water partition coefficient (Wildman–Crippen LogP) is 0.317. The van der Waals surface area contributed by atoms with Gasteiger partial charge in [-0.2, -0.15) is 0 Å². The monoisotopic (exact) mass is 260 g/mol. The first-order valence-electron chi connectivity index (χ1n) is 6.31. The fourth-order valence-electron chi connectivity index (χ4n) is 1.28. The van der Waals surface area contributed by atoms with Gasteiger partial charge in [0.2, 0.25) is 0 Å². The summed E-state index contributed by atoms with van der Waals surface area (Å²) in [6, 6.07) is 0. The van der Waals surface area contributed by atoms with Crippen molar-refractivity contribution in [3.8, 4) is 0 Å². The molecule has 6 heteroatoms. The molecule has 6 nitrogen and oxygen atoms in total. The van der Waals surface area contributed by atoms with Crippen molar-refractivity contribution in [3.05, 3.63) is 0 Å². The van der Waals surface area contributed by atoms with Gasteiger partial charge in [-0.25, -0.2) is 0 Å². The molecule has 0 aromatic carbocycles. The Labute approximate surface area is 110 Å². The fraction of sp³-hybridized carbons (Fsp3) is 0.917. The summed E-state index contributed by atoms with van der Waals surface area (Å²) in [5.74, 6) is 0.270. The lowest BCUT2D eigenvalue weighted by atomic mass is 9.88. The van der Waals surface area contributed by atoms with Crippen LogP contribution in [0.15, 0.2) is 5.16 Å². The SMILES string of the molecule is CN(C)CCOCCNCCC(C)(C)C(N)=NO. The lowest BCUT2D eigenvalue weighted by Gasteiger charge is -2.22. The van der Waals surface area contributed by atoms with Gasteiger partial charge in [-0.15, -0.1) is 0 Å². The van der Waals surface area contributed by atoms with Crippen LogP contribution in [0, 0.1) is 5.41 Å². The van der Waals surface area contributed by atoms with Crippen LogP contribution < -0.4 is 11.1 Å². The van der Waals surface area contributed by atoms with Crippen molar-refractivity contribution in [3.63, 3.8) is 0 Å². The van der Waals surface area contributed by atoms with E-state index >= 15 is 0 Å². The van der Waals surface area contributed by atoms with E-state index in [4.69, 9.17) is 15.7 Å². The van der Waals surface area contributed by atoms with Crippen molar-refractivity contribution in [1.82, 2.24) is 10.2 Å². The smallest absolute Gasteiger partial charge is 0.144 e. The summed E-state index contributed by atoms with van der Waals surface area (Å²) in [6.07, 6.45) is 0.820. The molecule has 0 saturated carbocycles. The molecule has 18 heavy (non-hydrogen) atoms. The van der Waals surface area contributed by atoms with Crippen LogP contribution in [0.25, 0.3) is 0 Å². The minimum atomic E-state index is -0.284. The summed E-state index contributed by atoms with van der Waals surface area (Å²) in [5.41, 5.74) is 5.32. The van der Waals surface area contributed by atoms with Gasteiger partial charge in [0.05, 0.1) is 13.2 Å². The van der Waals surface area contributed by atoms with Crippen molar-refractivity contribution in [2.45, 2.75) is 20.3 Å². The summed E-state index contributed by atoms with van der Waals surface area (Å²) in [4.78, 5) is 2.09. The maximum absolute atomic E-state index is 8.63. The van der Waals surface area contributed by atoms with Crippen molar-refractivity contribution in [2.75, 3.05) is 46.9 Å². The van der Waals surface area contributed by atoms with Crippen LogP contribution in [-0.4, -0.2) is 62.9 Å². The number of oxime groups is 1. The molecule has 0 radical (unpaired) electrons. The summed E-state index contributed by atoms with van der Waals surface area (Å²) in [5, 5.41) is 15.0. The quantitative estimate of drug-likeness (QED) is 0.173. The lowest BCUT2D eigenvalue weighted by Crippen LogP contribution is -2.35. The maximum atomic E-state index is 8.63. The lowest BCUT2D eigenvalue weighted by molar-refractivity contribution is 0.119. The molecule has 0 bridgehead atoms. The maximum Gasteiger partial charge on any atom is 0.144 e. The summed E-state index contributed by atoms with van der Waals surface area (Å²) in [6.45, 7) is 7.95. The van der Waals surface area contributed by atoms with Gasteiger partial charge in [0.25, 0.3) is 0 Å². The summed E-state index contributed by atoms with van der Waals surface area (Å²) < 4.78 is 5.45. The number of nitrogens with one attached hydrogen (secondary N) is 1. The number of nitrogens with two attached hydrogens (primary N) is 1. The van der Waals surface area contributed by atoms with Crippen LogP contribution in [0.2, 0.25) is 0 Å². The molecule has 0 rings (SSSR count). The van der Waals surface area contributed by atoms with Gasteiger partial charge in [-0.05, 0) is 27.1 Å². The highest BCUT2D eigenvalue weighted by Crippen LogP contribution is 2.19. The van der Waals surface area contributed by atoms with Gasteiger partial charge >= 0.3 is 0 Å². The molecule has 4 N–H and O–H groups in total. The van der Waals surface area contributed by atoms with E-state index in [9.17, 15) is 0 Å². The molecule has 0 aliphatic carbocycles. The molecule has 0 fully saturated rings. The zero-order valence-electron chi connectivity index (χ0n) is 12.1. The first-order valence-corrected chi connectivity index (χ1v) is 6.31. The molecule has 0 aliphatic rings. The Morgan fingerprint density at radius 1 is 1.33 bits per heavy atom. The molecule has 0 saturated heterocycles. The van der Waals surface area contributed by atoms with E-state index in [1.165, 1.54) is 0 Å². The van der Waals surface area contributed by atoms with Gasteiger partial charge < -0.3 is 25.9 Å². The van der Waals surface area contributed by atoms with Crippen molar-refractivity contribution >= 4 is 5.84 Å². The Kier molecular flexibility index (Phi) is 8.70. The molecular weight excluding hydrogens is 232 g/mol. The van der Waals surface area contributed by atoms with Crippen molar-refractivity contribution < 1.29 is 9.94 Å². The van der Waals surface area contributed by atoms with Crippen LogP contribution in [0.4, 0.5) is 0 Å². The summed E-state index contributed by atoms with van der Waals surface area (Å²) >= 11 is 0. The average Bonchev–Trinajstić information content (AvgIpc) is 2.30. The zero-order valence-corrected chi connectivity index (χ0v) is 12.1. The third kappa shape index (κ3) is 8.27. The summed E-state index contributed by atoms with van der Waals surface area (Å²) in [7, 11) is 4.05. The Bertz CT molecular complexity index is 242. The molecule has 0 aliphatic heterocycles. The van der Waals surface area contributed by atoms with Crippen LogP contribution in [0.1, 0.15) is 20.3 Å². The molecule has 0 spiro atoms. The van der Waals surface area contributed by atoms with E-state index in [0.717, 1.165) is 32.7 Å². The molecule has 0 amide bonds. The number of likely N-dealkylation sites (N-methyl/N-ethyl adjacent to an activating group) is 1. The molecule has 108 valence electrons. The van der Waals surface area contributed by atoms with E-state index in [1.807, 2.05) is 27.9 Å². The number of rotatable bonds is 10. The van der Waals surface area contributed by atoms with Gasteiger partial charge in [0, 0.05) is 18.5 Å². The zero-order chi connectivity index (χ0) is 14.0. The number of hydrogen-bond donors (Lipinski definition) is 3. The van der Waals surface area contributed by atoms with Crippen LogP contribution in [-0.2, 0) is 4.74 Å². The van der Waals surface area contributed by atoms with Crippen molar-refractivity contribution in [1.29, 1.82) is 0 Å². The Balaban J connectivity index is 3.46. The van der Waals surface area contributed by atoms with Gasteiger partial charge in [-0.3, -0.25) is 0 Å². The second-order valence-electron chi connectivity index (χ2n) is 5.28. The van der Waals surface area contributed by atoms with E-state index in [2.05, 4.69) is 15.4 Å². The first-order chi connectivity index (χ1) is 8.40. The highest BCUT2D eigenvalue weighted by atomic mass is 16.5. The predicted molar refractivity (Wildman–Crippen MR) is 74.0 cm³/mol. The minimum absolute atomic E-state index is 0.270. The molecular formula is C12H28N4O2. The van der Waals surface area contributed by atoms with E-state index < -0.39 is 0 Å². The van der Waals surface area contributed by atoms with E-state index in [-0.39, 0.29) is 11.3 Å². The van der Waals surface area contributed by atoms with Gasteiger partial charge in [0.15, 0.2) is 0 Å². The Morgan fingerprint density at radius 3 is 2.56 bits per heavy atom. The normalized spacial score (nSPS) is 13.3. The topological polar surface area (TPSA) is 83.1 Å². The Hall–Kier alpha value is -0.850. The minimum Gasteiger partial charge on any atom is -0.409 e. The highest BCUT2D eigenvalue weighted by molar-refractivity contribution is 5.85. The van der Waals surface area contributed by atoms with Crippen LogP contribution in [0.3, 0.4) is 0 Å². The third-order valence-electron chi connectivity index (χ3n) is 2.83. The standard InChI is InChI=1S/C12H28N4O2/c1-12(2,11(13)15-17)5-6-14-7-9-18-10-8-16(3)4/h14,17H,5-10H2,1-4H3,(H2,13,15). The fourth-order valence-corrected chi connectivity index (χ4v) is 1.28. The van der Waals surface area contributed by atoms with Gasteiger partial charge in [0.1, 0.15) is 5.84 Å². The highest BCUT2D eigenvalue weighted by Gasteiger charge is 2.22. The van der Waals surface area contributed by atoms with E-state index in [0.29, 0.717) is 6.61 Å². The molecule has 0 aromatic rings. The number of amidine groups is 1. The average molecular weight is 260 g/mol.